The maximum absolute atomic E-state index is 2.56. The second-order valence-corrected chi connectivity index (χ2v) is 10.3. The Balaban J connectivity index is 1.64. The van der Waals surface area contributed by atoms with E-state index in [1.165, 1.54) is 82.3 Å². The summed E-state index contributed by atoms with van der Waals surface area (Å²) in [6, 6.07) is 36.7. The predicted molar refractivity (Wildman–Crippen MR) is 152 cm³/mol. The Bertz CT molecular complexity index is 1460. The number of hydrogen-bond acceptors (Lipinski definition) is 0. The van der Waals surface area contributed by atoms with Crippen LogP contribution in [0.2, 0.25) is 0 Å². The number of fused-ring (bicyclic) bond motifs is 5. The molecule has 0 unspecified atom stereocenters. The molecule has 0 bridgehead atoms. The first-order valence-electron chi connectivity index (χ1n) is 13.4. The van der Waals surface area contributed by atoms with Gasteiger partial charge in [-0.3, -0.25) is 0 Å². The van der Waals surface area contributed by atoms with Crippen LogP contribution in [-0.2, 0) is 5.41 Å². The Labute approximate surface area is 209 Å². The quantitative estimate of drug-likeness (QED) is 0.215. The van der Waals surface area contributed by atoms with Gasteiger partial charge in [-0.05, 0) is 79.9 Å². The molecule has 0 spiro atoms. The van der Waals surface area contributed by atoms with Crippen LogP contribution in [0.25, 0.3) is 43.8 Å². The second kappa shape index (κ2) is 9.00. The third-order valence-corrected chi connectivity index (χ3v) is 8.24. The number of benzene rings is 5. The van der Waals surface area contributed by atoms with Crippen molar-refractivity contribution in [2.24, 2.45) is 0 Å². The van der Waals surface area contributed by atoms with Crippen LogP contribution < -0.4 is 0 Å². The van der Waals surface area contributed by atoms with E-state index in [-0.39, 0.29) is 5.41 Å². The molecular formula is C35H34. The van der Waals surface area contributed by atoms with E-state index in [4.69, 9.17) is 0 Å². The molecule has 1 aliphatic carbocycles. The largest absolute Gasteiger partial charge is 0.0654 e. The van der Waals surface area contributed by atoms with E-state index in [0.29, 0.717) is 0 Å². The molecule has 6 rings (SSSR count). The molecule has 0 heterocycles. The van der Waals surface area contributed by atoms with E-state index in [9.17, 15) is 0 Å². The van der Waals surface area contributed by atoms with Gasteiger partial charge in [-0.25, -0.2) is 0 Å². The van der Waals surface area contributed by atoms with Crippen LogP contribution in [0.5, 0.6) is 0 Å². The Morgan fingerprint density at radius 2 is 1.11 bits per heavy atom. The normalized spacial score (nSPS) is 13.8. The van der Waals surface area contributed by atoms with Crippen LogP contribution in [0.15, 0.2) is 97.1 Å². The molecule has 174 valence electrons. The summed E-state index contributed by atoms with van der Waals surface area (Å²) in [4.78, 5) is 0. The van der Waals surface area contributed by atoms with Crippen molar-refractivity contribution in [3.8, 4) is 22.3 Å². The van der Waals surface area contributed by atoms with Crippen molar-refractivity contribution < 1.29 is 0 Å². The van der Waals surface area contributed by atoms with Crippen molar-refractivity contribution in [2.45, 2.75) is 57.8 Å². The predicted octanol–water partition coefficient (Wildman–Crippen LogP) is 10.3. The highest BCUT2D eigenvalue weighted by atomic mass is 14.4. The summed E-state index contributed by atoms with van der Waals surface area (Å²) in [5.74, 6) is 0. The van der Waals surface area contributed by atoms with E-state index in [1.807, 2.05) is 0 Å². The molecule has 0 fully saturated rings. The van der Waals surface area contributed by atoms with Gasteiger partial charge in [0.1, 0.15) is 0 Å². The average Bonchev–Trinajstić information content (AvgIpc) is 3.18. The fourth-order valence-electron chi connectivity index (χ4n) is 6.56. The highest BCUT2D eigenvalue weighted by molar-refractivity contribution is 6.12. The van der Waals surface area contributed by atoms with Gasteiger partial charge in [0.05, 0.1) is 0 Å². The van der Waals surface area contributed by atoms with Crippen molar-refractivity contribution >= 4 is 21.5 Å². The summed E-state index contributed by atoms with van der Waals surface area (Å²) in [5, 5.41) is 5.31. The molecule has 0 aromatic heterocycles. The van der Waals surface area contributed by atoms with Crippen LogP contribution in [0, 0.1) is 0 Å². The Morgan fingerprint density at radius 1 is 0.543 bits per heavy atom. The zero-order valence-corrected chi connectivity index (χ0v) is 21.0. The Hall–Kier alpha value is -3.38. The topological polar surface area (TPSA) is 0 Å². The van der Waals surface area contributed by atoms with Gasteiger partial charge in [0.2, 0.25) is 0 Å². The molecule has 1 aliphatic rings. The van der Waals surface area contributed by atoms with Crippen molar-refractivity contribution in [3.63, 3.8) is 0 Å². The molecule has 0 radical (unpaired) electrons. The molecule has 5 aromatic carbocycles. The molecule has 0 heteroatoms. The first kappa shape index (κ1) is 22.1. The lowest BCUT2D eigenvalue weighted by Crippen LogP contribution is -2.25. The monoisotopic (exact) mass is 454 g/mol. The molecular weight excluding hydrogens is 420 g/mol. The van der Waals surface area contributed by atoms with Crippen molar-refractivity contribution in [3.05, 3.63) is 108 Å². The van der Waals surface area contributed by atoms with Gasteiger partial charge in [0.15, 0.2) is 0 Å². The van der Waals surface area contributed by atoms with E-state index in [0.717, 1.165) is 0 Å². The first-order valence-corrected chi connectivity index (χ1v) is 13.4. The maximum atomic E-state index is 2.56. The zero-order chi connectivity index (χ0) is 23.8. The second-order valence-electron chi connectivity index (χ2n) is 10.3. The zero-order valence-electron chi connectivity index (χ0n) is 21.0. The molecule has 0 N–H and O–H groups in total. The van der Waals surface area contributed by atoms with Gasteiger partial charge < -0.3 is 0 Å². The molecule has 0 nitrogen and oxygen atoms in total. The van der Waals surface area contributed by atoms with Crippen molar-refractivity contribution in [1.29, 1.82) is 0 Å². The summed E-state index contributed by atoms with van der Waals surface area (Å²) >= 11 is 0. The highest BCUT2D eigenvalue weighted by Crippen LogP contribution is 2.55. The summed E-state index contributed by atoms with van der Waals surface area (Å²) in [7, 11) is 0. The van der Waals surface area contributed by atoms with E-state index >= 15 is 0 Å². The van der Waals surface area contributed by atoms with Crippen LogP contribution >= 0.6 is 0 Å². The van der Waals surface area contributed by atoms with Gasteiger partial charge in [0, 0.05) is 5.41 Å². The Morgan fingerprint density at radius 3 is 1.77 bits per heavy atom. The summed E-state index contributed by atoms with van der Waals surface area (Å²) in [6.07, 6.45) is 7.45. The van der Waals surface area contributed by atoms with Crippen molar-refractivity contribution in [1.82, 2.24) is 0 Å². The number of hydrogen-bond donors (Lipinski definition) is 0. The van der Waals surface area contributed by atoms with Gasteiger partial charge in [-0.15, -0.1) is 0 Å². The number of unbranched alkanes of at least 4 members (excludes halogenated alkanes) is 2. The van der Waals surface area contributed by atoms with E-state index < -0.39 is 0 Å². The first-order chi connectivity index (χ1) is 17.3. The minimum atomic E-state index is 0.119. The van der Waals surface area contributed by atoms with E-state index in [2.05, 4.69) is 111 Å². The SMILES string of the molecule is CCCCC1(CCCC)c2ccccc2-c2ccc(-c3c4ccccc4cc4ccccc34)cc21. The van der Waals surface area contributed by atoms with Gasteiger partial charge in [-0.2, -0.15) is 0 Å². The van der Waals surface area contributed by atoms with Crippen LogP contribution in [0.3, 0.4) is 0 Å². The fraction of sp³-hybridized carbons (Fsp3) is 0.257. The summed E-state index contributed by atoms with van der Waals surface area (Å²) in [6.45, 7) is 4.65. The van der Waals surface area contributed by atoms with Gasteiger partial charge in [0.25, 0.3) is 0 Å². The molecule has 35 heavy (non-hydrogen) atoms. The van der Waals surface area contributed by atoms with Crippen molar-refractivity contribution in [2.75, 3.05) is 0 Å². The van der Waals surface area contributed by atoms with E-state index in [1.54, 1.807) is 11.1 Å². The highest BCUT2D eigenvalue weighted by Gasteiger charge is 2.42. The minimum absolute atomic E-state index is 0.119. The summed E-state index contributed by atoms with van der Waals surface area (Å²) < 4.78 is 0. The molecule has 0 amide bonds. The molecule has 0 saturated carbocycles. The fourth-order valence-corrected chi connectivity index (χ4v) is 6.56. The van der Waals surface area contributed by atoms with Gasteiger partial charge >= 0.3 is 0 Å². The average molecular weight is 455 g/mol. The van der Waals surface area contributed by atoms with Crippen LogP contribution in [-0.4, -0.2) is 0 Å². The molecule has 0 saturated heterocycles. The van der Waals surface area contributed by atoms with Crippen LogP contribution in [0.4, 0.5) is 0 Å². The molecule has 5 aromatic rings. The Kier molecular flexibility index (Phi) is 5.69. The summed E-state index contributed by atoms with van der Waals surface area (Å²) in [5.41, 5.74) is 8.84. The maximum Gasteiger partial charge on any atom is 0.0215 e. The minimum Gasteiger partial charge on any atom is -0.0654 e. The third-order valence-electron chi connectivity index (χ3n) is 8.24. The lowest BCUT2D eigenvalue weighted by molar-refractivity contribution is 0.414. The lowest BCUT2D eigenvalue weighted by atomic mass is 9.70. The number of rotatable bonds is 7. The molecule has 0 atom stereocenters. The molecule has 0 aliphatic heterocycles. The van der Waals surface area contributed by atoms with Crippen LogP contribution in [0.1, 0.15) is 63.5 Å². The third kappa shape index (κ3) is 3.50. The standard InChI is InChI=1S/C35H34/c1-3-5-21-35(22-6-4-2)32-18-12-11-17-30(32)31-20-19-27(24-33(31)35)34-28-15-9-7-13-25(28)23-26-14-8-10-16-29(26)34/h7-20,23-24H,3-6,21-22H2,1-2H3. The van der Waals surface area contributed by atoms with Gasteiger partial charge in [-0.1, -0.05) is 124 Å². The lowest BCUT2D eigenvalue weighted by Gasteiger charge is -2.33. The smallest absolute Gasteiger partial charge is 0.0215 e.